The van der Waals surface area contributed by atoms with Crippen LogP contribution in [-0.4, -0.2) is 31.3 Å². The second-order valence-electron chi connectivity index (χ2n) is 2.62. The van der Waals surface area contributed by atoms with E-state index in [0.29, 0.717) is 8.64 Å². The van der Waals surface area contributed by atoms with E-state index in [-0.39, 0.29) is 0 Å². The van der Waals surface area contributed by atoms with Crippen molar-refractivity contribution in [1.29, 1.82) is 0 Å². The molecule has 16 heavy (non-hydrogen) atoms. The Morgan fingerprint density at radius 3 is 2.94 bits per heavy atom. The highest BCUT2D eigenvalue weighted by Gasteiger charge is 2.23. The zero-order valence-electron chi connectivity index (χ0n) is 8.03. The zero-order chi connectivity index (χ0) is 12.0. The molecule has 1 aliphatic heterocycles. The highest BCUT2D eigenvalue weighted by Crippen LogP contribution is 2.18. The summed E-state index contributed by atoms with van der Waals surface area (Å²) >= 11 is 15.2. The van der Waals surface area contributed by atoms with Gasteiger partial charge in [-0.3, -0.25) is 0 Å². The molecule has 0 atom stereocenters. The highest BCUT2D eigenvalue weighted by molar-refractivity contribution is 8.23. The van der Waals surface area contributed by atoms with E-state index in [1.807, 2.05) is 5.12 Å². The van der Waals surface area contributed by atoms with E-state index in [0.717, 1.165) is 31.5 Å². The summed E-state index contributed by atoms with van der Waals surface area (Å²) in [4.78, 5) is 2.54. The third kappa shape index (κ3) is 4.29. The van der Waals surface area contributed by atoms with Crippen LogP contribution in [0.4, 0.5) is 0 Å². The van der Waals surface area contributed by atoms with E-state index < -0.39 is 0 Å². The molecule has 88 valence electrons. The van der Waals surface area contributed by atoms with Crippen molar-refractivity contribution < 1.29 is 0 Å². The Hall–Kier alpha value is -0.290. The minimum Gasteiger partial charge on any atom is -0.236 e. The monoisotopic (exact) mass is 295 g/mol. The Balaban J connectivity index is 2.53. The number of rotatable bonds is 2. The molecule has 0 aliphatic carbocycles. The molecule has 0 aromatic carbocycles. The van der Waals surface area contributed by atoms with Gasteiger partial charge < -0.3 is 0 Å². The lowest BCUT2D eigenvalue weighted by Gasteiger charge is -2.28. The van der Waals surface area contributed by atoms with Gasteiger partial charge in [0.1, 0.15) is 0 Å². The molecule has 1 heterocycles. The third-order valence-corrected chi connectivity index (χ3v) is 3.32. The lowest BCUT2D eigenvalue weighted by atomic mass is 10.5. The van der Waals surface area contributed by atoms with Crippen molar-refractivity contribution in [3.05, 3.63) is 10.4 Å². The SMILES string of the molecule is [N-]=[N+]=NNC(=S)SN(C(=S)S)N1CCCN1. The molecule has 0 aromatic rings. The summed E-state index contributed by atoms with van der Waals surface area (Å²) in [6, 6.07) is 0. The maximum absolute atomic E-state index is 8.12. The van der Waals surface area contributed by atoms with Crippen LogP contribution in [0.25, 0.3) is 10.4 Å². The first kappa shape index (κ1) is 13.8. The molecule has 0 saturated carbocycles. The van der Waals surface area contributed by atoms with Gasteiger partial charge in [-0.2, -0.15) is 4.91 Å². The largest absolute Gasteiger partial charge is 0.250 e. The summed E-state index contributed by atoms with van der Waals surface area (Å²) in [6.45, 7) is 1.70. The molecule has 0 amide bonds. The van der Waals surface area contributed by atoms with Crippen molar-refractivity contribution in [2.45, 2.75) is 6.42 Å². The Morgan fingerprint density at radius 1 is 1.69 bits per heavy atom. The Kier molecular flexibility index (Phi) is 6.13. The van der Waals surface area contributed by atoms with Gasteiger partial charge >= 0.3 is 0 Å². The summed E-state index contributed by atoms with van der Waals surface area (Å²) in [6.07, 6.45) is 1.02. The topological polar surface area (TPSA) is 79.3 Å². The minimum atomic E-state index is 0.294. The van der Waals surface area contributed by atoms with Crippen molar-refractivity contribution in [3.8, 4) is 0 Å². The van der Waals surface area contributed by atoms with Gasteiger partial charge in [-0.1, -0.05) is 12.2 Å². The van der Waals surface area contributed by atoms with Gasteiger partial charge in [-0.05, 0) is 23.9 Å². The predicted octanol–water partition coefficient (Wildman–Crippen LogP) is 1.38. The smallest absolute Gasteiger partial charge is 0.236 e. The molecular weight excluding hydrogens is 286 g/mol. The lowest BCUT2D eigenvalue weighted by molar-refractivity contribution is 0.119. The van der Waals surface area contributed by atoms with Crippen LogP contribution < -0.4 is 10.9 Å². The number of thiol groups is 1. The molecule has 0 aromatic heterocycles. The molecule has 2 N–H and O–H groups in total. The molecule has 11 heteroatoms. The fourth-order valence-corrected chi connectivity index (χ4v) is 2.27. The molecule has 0 radical (unpaired) electrons. The number of hydrazine groups is 2. The Bertz CT molecular complexity index is 321. The minimum absolute atomic E-state index is 0.294. The number of nitrogens with zero attached hydrogens (tertiary/aromatic N) is 5. The number of azide groups is 1. The second kappa shape index (κ2) is 7.12. The predicted molar refractivity (Wildman–Crippen MR) is 75.2 cm³/mol. The van der Waals surface area contributed by atoms with Gasteiger partial charge in [0.2, 0.25) is 0 Å². The summed E-state index contributed by atoms with van der Waals surface area (Å²) < 4.78 is 2.28. The molecule has 0 spiro atoms. The molecule has 1 rings (SSSR count). The average molecular weight is 295 g/mol. The van der Waals surface area contributed by atoms with Gasteiger partial charge in [0.25, 0.3) is 4.32 Å². The zero-order valence-corrected chi connectivity index (χ0v) is 11.4. The highest BCUT2D eigenvalue weighted by atomic mass is 32.2. The number of nitrogens with one attached hydrogen (secondary N) is 2. The summed E-state index contributed by atoms with van der Waals surface area (Å²) in [5, 5.41) is 4.96. The normalized spacial score (nSPS) is 15.3. The molecule has 0 bridgehead atoms. The molecule has 1 fully saturated rings. The van der Waals surface area contributed by atoms with Crippen molar-refractivity contribution in [2.24, 2.45) is 5.22 Å². The Labute approximate surface area is 113 Å². The van der Waals surface area contributed by atoms with E-state index in [9.17, 15) is 0 Å². The summed E-state index contributed by atoms with van der Waals surface area (Å²) in [7, 11) is 0. The average Bonchev–Trinajstić information content (AvgIpc) is 2.75. The number of thiocarbonyl (C=S) groups is 2. The van der Waals surface area contributed by atoms with Crippen LogP contribution >= 0.6 is 49.0 Å². The van der Waals surface area contributed by atoms with Gasteiger partial charge in [-0.25, -0.2) is 15.3 Å². The fourth-order valence-electron chi connectivity index (χ4n) is 1.02. The van der Waals surface area contributed by atoms with Crippen LogP contribution in [0.1, 0.15) is 6.42 Å². The summed E-state index contributed by atoms with van der Waals surface area (Å²) in [5.41, 5.74) is 13.6. The van der Waals surface area contributed by atoms with E-state index in [4.69, 9.17) is 30.0 Å². The maximum Gasteiger partial charge on any atom is 0.250 e. The first-order valence-electron chi connectivity index (χ1n) is 4.21. The molecular formula is C5H9N7S4. The molecule has 7 nitrogen and oxygen atoms in total. The van der Waals surface area contributed by atoms with Crippen LogP contribution in [0.3, 0.4) is 0 Å². The van der Waals surface area contributed by atoms with E-state index in [1.54, 1.807) is 4.41 Å². The molecule has 1 aliphatic rings. The van der Waals surface area contributed by atoms with Crippen molar-refractivity contribution in [1.82, 2.24) is 20.4 Å². The van der Waals surface area contributed by atoms with E-state index in [1.165, 1.54) is 0 Å². The Morgan fingerprint density at radius 2 is 2.44 bits per heavy atom. The maximum atomic E-state index is 8.12. The first-order chi connectivity index (χ1) is 7.65. The van der Waals surface area contributed by atoms with E-state index >= 15 is 0 Å². The second-order valence-corrected chi connectivity index (χ2v) is 5.34. The van der Waals surface area contributed by atoms with Crippen LogP contribution in [0.5, 0.6) is 0 Å². The van der Waals surface area contributed by atoms with Gasteiger partial charge in [0, 0.05) is 13.1 Å². The molecule has 0 unspecified atom stereocenters. The van der Waals surface area contributed by atoms with Crippen LogP contribution in [0, 0.1) is 0 Å². The van der Waals surface area contributed by atoms with Gasteiger partial charge in [0.05, 0.1) is 11.9 Å². The first-order valence-corrected chi connectivity index (χ1v) is 6.25. The quantitative estimate of drug-likeness (QED) is 0.135. The van der Waals surface area contributed by atoms with Crippen molar-refractivity contribution in [3.63, 3.8) is 0 Å². The van der Waals surface area contributed by atoms with Crippen molar-refractivity contribution in [2.75, 3.05) is 13.1 Å². The summed E-state index contributed by atoms with van der Waals surface area (Å²) in [5.74, 6) is 0. The van der Waals surface area contributed by atoms with E-state index in [2.05, 4.69) is 33.6 Å². The lowest BCUT2D eigenvalue weighted by Crippen LogP contribution is -2.45. The molecule has 1 saturated heterocycles. The standard InChI is InChI=1S/C5H9N7S4/c6-9-10-8-4(13)16-12(5(14)15)11-3-1-2-7-11/h7H,1-3H2,(H,8,13)(H,14,15). The van der Waals surface area contributed by atoms with Crippen LogP contribution in [-0.2, 0) is 0 Å². The van der Waals surface area contributed by atoms with Gasteiger partial charge in [-0.15, -0.1) is 23.3 Å². The van der Waals surface area contributed by atoms with Crippen molar-refractivity contribution >= 4 is 57.7 Å². The van der Waals surface area contributed by atoms with Crippen LogP contribution in [0.2, 0.25) is 0 Å². The van der Waals surface area contributed by atoms with Crippen LogP contribution in [0.15, 0.2) is 5.22 Å². The van der Waals surface area contributed by atoms with Gasteiger partial charge in [0.15, 0.2) is 4.32 Å². The number of hydrogen-bond acceptors (Lipinski definition) is 6. The third-order valence-electron chi connectivity index (χ3n) is 1.58. The fraction of sp³-hybridized carbons (Fsp3) is 0.600. The number of hydrogen-bond donors (Lipinski definition) is 3.